The fraction of sp³-hybridized carbons (Fsp3) is 0.133. The first kappa shape index (κ1) is 17.7. The number of sulfonamides is 1. The van der Waals surface area contributed by atoms with E-state index in [1.54, 1.807) is 31.2 Å². The third-order valence-electron chi connectivity index (χ3n) is 2.97. The number of nitrogens with one attached hydrogen (secondary N) is 2. The molecule has 0 unspecified atom stereocenters. The highest BCUT2D eigenvalue weighted by Crippen LogP contribution is 2.19. The van der Waals surface area contributed by atoms with E-state index < -0.39 is 22.5 Å². The van der Waals surface area contributed by atoms with Crippen molar-refractivity contribution in [3.8, 4) is 0 Å². The van der Waals surface area contributed by atoms with Gasteiger partial charge in [0, 0.05) is 15.7 Å². The van der Waals surface area contributed by atoms with Crippen LogP contribution in [0.3, 0.4) is 0 Å². The van der Waals surface area contributed by atoms with E-state index in [1.807, 2.05) is 0 Å². The number of carbonyl (C=O) groups is 1. The predicted octanol–water partition coefficient (Wildman–Crippen LogP) is 3.22. The van der Waals surface area contributed by atoms with Crippen LogP contribution in [0.2, 0.25) is 10.0 Å². The highest BCUT2D eigenvalue weighted by atomic mass is 35.5. The number of benzene rings is 2. The summed E-state index contributed by atoms with van der Waals surface area (Å²) in [6, 6.07) is 10.9. The summed E-state index contributed by atoms with van der Waals surface area (Å²) in [5, 5.41) is 3.50. The maximum Gasteiger partial charge on any atom is 0.241 e. The van der Waals surface area contributed by atoms with E-state index in [0.717, 1.165) is 0 Å². The Morgan fingerprint density at radius 2 is 1.87 bits per heavy atom. The molecule has 0 bridgehead atoms. The van der Waals surface area contributed by atoms with Gasteiger partial charge in [0.2, 0.25) is 15.9 Å². The molecule has 0 aliphatic rings. The zero-order valence-corrected chi connectivity index (χ0v) is 14.5. The molecule has 2 aromatic carbocycles. The van der Waals surface area contributed by atoms with Gasteiger partial charge in [0.25, 0.3) is 0 Å². The maximum absolute atomic E-state index is 12.2. The standard InChI is InChI=1S/C15H14Cl2N2O3S/c1-10-7-13(5-6-14(10)17)23(21,22)18-9-15(20)19-12-4-2-3-11(16)8-12/h2-8,18H,9H2,1H3,(H,19,20). The summed E-state index contributed by atoms with van der Waals surface area (Å²) >= 11 is 11.7. The second-order valence-electron chi connectivity index (χ2n) is 4.79. The number of aryl methyl sites for hydroxylation is 1. The van der Waals surface area contributed by atoms with Crippen LogP contribution in [0.1, 0.15) is 5.56 Å². The van der Waals surface area contributed by atoms with Crippen LogP contribution in [0.25, 0.3) is 0 Å². The van der Waals surface area contributed by atoms with Crippen molar-refractivity contribution in [2.24, 2.45) is 0 Å². The molecule has 1 amide bonds. The Bertz CT molecular complexity index is 838. The van der Waals surface area contributed by atoms with Crippen molar-refractivity contribution < 1.29 is 13.2 Å². The summed E-state index contributed by atoms with van der Waals surface area (Å²) in [4.78, 5) is 11.9. The number of hydrogen-bond acceptors (Lipinski definition) is 3. The Morgan fingerprint density at radius 1 is 1.13 bits per heavy atom. The predicted molar refractivity (Wildman–Crippen MR) is 91.5 cm³/mol. The van der Waals surface area contributed by atoms with Crippen LogP contribution in [0, 0.1) is 6.92 Å². The van der Waals surface area contributed by atoms with Crippen LogP contribution < -0.4 is 10.0 Å². The van der Waals surface area contributed by atoms with Crippen molar-refractivity contribution >= 4 is 44.8 Å². The molecule has 0 aliphatic carbocycles. The first-order valence-electron chi connectivity index (χ1n) is 6.59. The van der Waals surface area contributed by atoms with E-state index in [2.05, 4.69) is 10.0 Å². The molecule has 0 aromatic heterocycles. The molecule has 8 heteroatoms. The van der Waals surface area contributed by atoms with E-state index >= 15 is 0 Å². The molecule has 2 aromatic rings. The minimum Gasteiger partial charge on any atom is -0.325 e. The van der Waals surface area contributed by atoms with E-state index in [9.17, 15) is 13.2 Å². The SMILES string of the molecule is Cc1cc(S(=O)(=O)NCC(=O)Nc2cccc(Cl)c2)ccc1Cl. The molecule has 0 fully saturated rings. The van der Waals surface area contributed by atoms with Crippen molar-refractivity contribution in [3.05, 3.63) is 58.1 Å². The van der Waals surface area contributed by atoms with E-state index in [1.165, 1.54) is 18.2 Å². The number of rotatable bonds is 5. The van der Waals surface area contributed by atoms with Crippen LogP contribution in [-0.4, -0.2) is 20.9 Å². The molecule has 0 saturated heterocycles. The van der Waals surface area contributed by atoms with Gasteiger partial charge in [-0.25, -0.2) is 13.1 Å². The summed E-state index contributed by atoms with van der Waals surface area (Å²) in [5.74, 6) is -0.499. The Balaban J connectivity index is 2.01. The summed E-state index contributed by atoms with van der Waals surface area (Å²) in [5.41, 5.74) is 1.13. The number of halogens is 2. The lowest BCUT2D eigenvalue weighted by Crippen LogP contribution is -2.32. The van der Waals surface area contributed by atoms with Crippen LogP contribution in [-0.2, 0) is 14.8 Å². The van der Waals surface area contributed by atoms with Gasteiger partial charge < -0.3 is 5.32 Å². The van der Waals surface area contributed by atoms with Crippen molar-refractivity contribution in [2.75, 3.05) is 11.9 Å². The normalized spacial score (nSPS) is 11.3. The minimum absolute atomic E-state index is 0.0509. The first-order chi connectivity index (χ1) is 10.8. The van der Waals surface area contributed by atoms with Crippen LogP contribution >= 0.6 is 23.2 Å². The Labute approximate surface area is 144 Å². The van der Waals surface area contributed by atoms with Gasteiger partial charge in [0.05, 0.1) is 11.4 Å². The number of carbonyl (C=O) groups excluding carboxylic acids is 1. The molecule has 5 nitrogen and oxygen atoms in total. The van der Waals surface area contributed by atoms with Gasteiger partial charge in [-0.15, -0.1) is 0 Å². The van der Waals surface area contributed by atoms with Crippen molar-refractivity contribution in [2.45, 2.75) is 11.8 Å². The van der Waals surface area contributed by atoms with E-state index in [4.69, 9.17) is 23.2 Å². The molecule has 0 atom stereocenters. The van der Waals surface area contributed by atoms with Crippen molar-refractivity contribution in [1.82, 2.24) is 4.72 Å². The van der Waals surface area contributed by atoms with Gasteiger partial charge in [-0.2, -0.15) is 0 Å². The van der Waals surface area contributed by atoms with Gasteiger partial charge in [-0.05, 0) is 48.9 Å². The third-order valence-corrected chi connectivity index (χ3v) is 5.03. The Hall–Kier alpha value is -1.60. The molecule has 0 spiro atoms. The number of hydrogen-bond donors (Lipinski definition) is 2. The fourth-order valence-electron chi connectivity index (χ4n) is 1.80. The van der Waals surface area contributed by atoms with Gasteiger partial charge in [-0.1, -0.05) is 29.3 Å². The van der Waals surface area contributed by atoms with Crippen LogP contribution in [0.15, 0.2) is 47.4 Å². The molecular weight excluding hydrogens is 359 g/mol. The molecule has 122 valence electrons. The fourth-order valence-corrected chi connectivity index (χ4v) is 3.17. The Morgan fingerprint density at radius 3 is 2.52 bits per heavy atom. The number of amides is 1. The van der Waals surface area contributed by atoms with Crippen molar-refractivity contribution in [3.63, 3.8) is 0 Å². The Kier molecular flexibility index (Phi) is 5.64. The van der Waals surface area contributed by atoms with Gasteiger partial charge in [0.15, 0.2) is 0 Å². The molecule has 0 saturated carbocycles. The lowest BCUT2D eigenvalue weighted by molar-refractivity contribution is -0.115. The second kappa shape index (κ2) is 7.31. The van der Waals surface area contributed by atoms with E-state index in [-0.39, 0.29) is 4.90 Å². The monoisotopic (exact) mass is 372 g/mol. The molecule has 0 aliphatic heterocycles. The average molecular weight is 373 g/mol. The lowest BCUT2D eigenvalue weighted by Gasteiger charge is -2.09. The maximum atomic E-state index is 12.2. The molecule has 0 heterocycles. The van der Waals surface area contributed by atoms with Gasteiger partial charge >= 0.3 is 0 Å². The zero-order chi connectivity index (χ0) is 17.0. The summed E-state index contributed by atoms with van der Waals surface area (Å²) in [7, 11) is -3.79. The van der Waals surface area contributed by atoms with Crippen LogP contribution in [0.5, 0.6) is 0 Å². The van der Waals surface area contributed by atoms with Crippen LogP contribution in [0.4, 0.5) is 5.69 Å². The molecular formula is C15H14Cl2N2O3S. The molecule has 23 heavy (non-hydrogen) atoms. The largest absolute Gasteiger partial charge is 0.325 e. The summed E-state index contributed by atoms with van der Waals surface area (Å²) in [6.45, 7) is 1.31. The quantitative estimate of drug-likeness (QED) is 0.845. The zero-order valence-electron chi connectivity index (χ0n) is 12.1. The minimum atomic E-state index is -3.79. The van der Waals surface area contributed by atoms with Crippen molar-refractivity contribution in [1.29, 1.82) is 0 Å². The number of anilines is 1. The average Bonchev–Trinajstić information content (AvgIpc) is 2.48. The first-order valence-corrected chi connectivity index (χ1v) is 8.83. The lowest BCUT2D eigenvalue weighted by atomic mass is 10.2. The highest BCUT2D eigenvalue weighted by Gasteiger charge is 2.16. The summed E-state index contributed by atoms with van der Waals surface area (Å²) < 4.78 is 26.5. The van der Waals surface area contributed by atoms with Gasteiger partial charge in [-0.3, -0.25) is 4.79 Å². The molecule has 2 N–H and O–H groups in total. The third kappa shape index (κ3) is 4.94. The topological polar surface area (TPSA) is 75.3 Å². The molecule has 2 rings (SSSR count). The smallest absolute Gasteiger partial charge is 0.241 e. The molecule has 0 radical (unpaired) electrons. The van der Waals surface area contributed by atoms with Gasteiger partial charge in [0.1, 0.15) is 0 Å². The van der Waals surface area contributed by atoms with E-state index in [0.29, 0.717) is 21.3 Å². The summed E-state index contributed by atoms with van der Waals surface area (Å²) in [6.07, 6.45) is 0. The highest BCUT2D eigenvalue weighted by molar-refractivity contribution is 7.89. The second-order valence-corrected chi connectivity index (χ2v) is 7.40.